The van der Waals surface area contributed by atoms with Crippen LogP contribution in [0.25, 0.3) is 0 Å². The molecular formula is C10H16N2O3S. The number of amides is 1. The summed E-state index contributed by atoms with van der Waals surface area (Å²) in [6.07, 6.45) is 0. The summed E-state index contributed by atoms with van der Waals surface area (Å²) in [4.78, 5) is 11.3. The van der Waals surface area contributed by atoms with Crippen molar-refractivity contribution in [2.24, 2.45) is 5.84 Å². The number of nitrogens with one attached hydrogen (secondary N) is 1. The number of carbonyl (C=O) groups is 1. The van der Waals surface area contributed by atoms with Gasteiger partial charge in [0.15, 0.2) is 0 Å². The van der Waals surface area contributed by atoms with E-state index in [1.54, 1.807) is 31.9 Å². The number of rotatable bonds is 6. The van der Waals surface area contributed by atoms with Gasteiger partial charge in [-0.3, -0.25) is 10.2 Å². The van der Waals surface area contributed by atoms with Crippen LogP contribution in [0.15, 0.2) is 10.5 Å². The third-order valence-electron chi connectivity index (χ3n) is 2.02. The Morgan fingerprint density at radius 3 is 3.06 bits per heavy atom. The van der Waals surface area contributed by atoms with Gasteiger partial charge in [0.05, 0.1) is 17.9 Å². The number of carbonyl (C=O) groups excluding carboxylic acids is 1. The average Bonchev–Trinajstić information content (AvgIpc) is 2.65. The summed E-state index contributed by atoms with van der Waals surface area (Å²) in [5, 5.41) is 0. The Kier molecular flexibility index (Phi) is 5.37. The van der Waals surface area contributed by atoms with Gasteiger partial charge in [0.1, 0.15) is 11.5 Å². The molecule has 0 spiro atoms. The predicted octanol–water partition coefficient (Wildman–Crippen LogP) is 1.07. The number of furan rings is 1. The number of thioether (sulfide) groups is 1. The fourth-order valence-corrected chi connectivity index (χ4v) is 2.01. The molecule has 16 heavy (non-hydrogen) atoms. The Labute approximate surface area is 98.7 Å². The van der Waals surface area contributed by atoms with Crippen molar-refractivity contribution in [3.63, 3.8) is 0 Å². The van der Waals surface area contributed by atoms with E-state index in [2.05, 4.69) is 5.43 Å². The van der Waals surface area contributed by atoms with Gasteiger partial charge < -0.3 is 9.15 Å². The zero-order valence-electron chi connectivity index (χ0n) is 9.41. The minimum atomic E-state index is -0.325. The molecule has 0 atom stereocenters. The quantitative estimate of drug-likeness (QED) is 0.339. The summed E-state index contributed by atoms with van der Waals surface area (Å²) in [5.41, 5.74) is 2.58. The molecule has 1 aromatic rings. The summed E-state index contributed by atoms with van der Waals surface area (Å²) in [7, 11) is 1.67. The minimum absolute atomic E-state index is 0.325. The highest BCUT2D eigenvalue weighted by atomic mass is 32.2. The van der Waals surface area contributed by atoms with Crippen molar-refractivity contribution >= 4 is 17.7 Å². The Morgan fingerprint density at radius 2 is 2.44 bits per heavy atom. The summed E-state index contributed by atoms with van der Waals surface area (Å²) in [6.45, 7) is 2.45. The molecule has 0 unspecified atom stereocenters. The Hall–Kier alpha value is -0.980. The van der Waals surface area contributed by atoms with Crippen LogP contribution < -0.4 is 11.3 Å². The van der Waals surface area contributed by atoms with Gasteiger partial charge in [-0.05, 0) is 13.0 Å². The van der Waals surface area contributed by atoms with Gasteiger partial charge in [-0.1, -0.05) is 0 Å². The van der Waals surface area contributed by atoms with Crippen LogP contribution in [0, 0.1) is 6.92 Å². The zero-order valence-corrected chi connectivity index (χ0v) is 10.2. The molecule has 1 heterocycles. The number of nitrogen functional groups attached to an aromatic ring is 1. The molecule has 1 amide bonds. The molecular weight excluding hydrogens is 228 g/mol. The molecule has 0 saturated carbocycles. The van der Waals surface area contributed by atoms with Gasteiger partial charge in [0.2, 0.25) is 0 Å². The van der Waals surface area contributed by atoms with Crippen molar-refractivity contribution in [3.8, 4) is 0 Å². The number of methoxy groups -OCH3 is 1. The second kappa shape index (κ2) is 6.57. The van der Waals surface area contributed by atoms with E-state index in [1.807, 2.05) is 0 Å². The summed E-state index contributed by atoms with van der Waals surface area (Å²) in [6, 6.07) is 1.72. The van der Waals surface area contributed by atoms with E-state index in [0.717, 1.165) is 17.3 Å². The third-order valence-corrected chi connectivity index (χ3v) is 2.96. The van der Waals surface area contributed by atoms with Crippen molar-refractivity contribution in [2.75, 3.05) is 19.5 Å². The molecule has 0 aromatic carbocycles. The highest BCUT2D eigenvalue weighted by Gasteiger charge is 2.13. The van der Waals surface area contributed by atoms with Crippen LogP contribution in [0.1, 0.15) is 21.9 Å². The SMILES string of the molecule is COCCSCc1cc(C(=O)NN)c(C)o1. The Morgan fingerprint density at radius 1 is 1.69 bits per heavy atom. The maximum Gasteiger partial charge on any atom is 0.268 e. The van der Waals surface area contributed by atoms with Gasteiger partial charge in [-0.15, -0.1) is 0 Å². The lowest BCUT2D eigenvalue weighted by Gasteiger charge is -1.97. The largest absolute Gasteiger partial charge is 0.465 e. The van der Waals surface area contributed by atoms with Crippen LogP contribution >= 0.6 is 11.8 Å². The molecule has 3 N–H and O–H groups in total. The number of aryl methyl sites for hydroxylation is 1. The lowest BCUT2D eigenvalue weighted by molar-refractivity contribution is 0.0952. The van der Waals surface area contributed by atoms with E-state index in [4.69, 9.17) is 15.0 Å². The molecule has 0 saturated heterocycles. The van der Waals surface area contributed by atoms with Crippen LogP contribution in [-0.2, 0) is 10.5 Å². The molecule has 1 aromatic heterocycles. The Bertz CT molecular complexity index is 352. The van der Waals surface area contributed by atoms with Crippen molar-refractivity contribution in [1.29, 1.82) is 0 Å². The lowest BCUT2D eigenvalue weighted by Crippen LogP contribution is -2.30. The molecule has 0 radical (unpaired) electrons. The molecule has 90 valence electrons. The smallest absolute Gasteiger partial charge is 0.268 e. The molecule has 0 aliphatic carbocycles. The average molecular weight is 244 g/mol. The summed E-state index contributed by atoms with van der Waals surface area (Å²) in [5.74, 6) is 7.72. The summed E-state index contributed by atoms with van der Waals surface area (Å²) >= 11 is 1.69. The number of nitrogens with two attached hydrogens (primary N) is 1. The Balaban J connectivity index is 2.52. The predicted molar refractivity (Wildman–Crippen MR) is 63.1 cm³/mol. The highest BCUT2D eigenvalue weighted by Crippen LogP contribution is 2.19. The topological polar surface area (TPSA) is 77.5 Å². The molecule has 0 aliphatic rings. The first-order valence-electron chi connectivity index (χ1n) is 4.86. The number of ether oxygens (including phenoxy) is 1. The zero-order chi connectivity index (χ0) is 12.0. The third kappa shape index (κ3) is 3.55. The van der Waals surface area contributed by atoms with E-state index in [0.29, 0.717) is 17.9 Å². The first-order chi connectivity index (χ1) is 7.69. The van der Waals surface area contributed by atoms with Crippen LogP contribution in [0.2, 0.25) is 0 Å². The maximum atomic E-state index is 11.3. The fraction of sp³-hybridized carbons (Fsp3) is 0.500. The van der Waals surface area contributed by atoms with E-state index in [-0.39, 0.29) is 5.91 Å². The standard InChI is InChI=1S/C10H16N2O3S/c1-7-9(10(13)12-11)5-8(15-7)6-16-4-3-14-2/h5H,3-4,6,11H2,1-2H3,(H,12,13). The van der Waals surface area contributed by atoms with Gasteiger partial charge in [0.25, 0.3) is 5.91 Å². The summed E-state index contributed by atoms with van der Waals surface area (Å²) < 4.78 is 10.4. The van der Waals surface area contributed by atoms with Gasteiger partial charge in [-0.2, -0.15) is 11.8 Å². The number of hydrazine groups is 1. The van der Waals surface area contributed by atoms with Crippen molar-refractivity contribution in [1.82, 2.24) is 5.43 Å². The normalized spacial score (nSPS) is 10.4. The van der Waals surface area contributed by atoms with Crippen molar-refractivity contribution in [3.05, 3.63) is 23.2 Å². The second-order valence-corrected chi connectivity index (χ2v) is 4.31. The van der Waals surface area contributed by atoms with Gasteiger partial charge >= 0.3 is 0 Å². The number of hydrogen-bond donors (Lipinski definition) is 2. The molecule has 5 nitrogen and oxygen atoms in total. The van der Waals surface area contributed by atoms with Crippen LogP contribution in [0.3, 0.4) is 0 Å². The second-order valence-electron chi connectivity index (χ2n) is 3.20. The fourth-order valence-electron chi connectivity index (χ4n) is 1.23. The van der Waals surface area contributed by atoms with Crippen LogP contribution in [0.4, 0.5) is 0 Å². The molecule has 0 fully saturated rings. The highest BCUT2D eigenvalue weighted by molar-refractivity contribution is 7.98. The minimum Gasteiger partial charge on any atom is -0.465 e. The molecule has 0 aliphatic heterocycles. The first kappa shape index (κ1) is 13.1. The van der Waals surface area contributed by atoms with Crippen LogP contribution in [0.5, 0.6) is 0 Å². The van der Waals surface area contributed by atoms with Gasteiger partial charge in [0, 0.05) is 12.9 Å². The molecule has 6 heteroatoms. The van der Waals surface area contributed by atoms with Crippen molar-refractivity contribution in [2.45, 2.75) is 12.7 Å². The van der Waals surface area contributed by atoms with E-state index >= 15 is 0 Å². The van der Waals surface area contributed by atoms with E-state index in [1.165, 1.54) is 0 Å². The van der Waals surface area contributed by atoms with Crippen LogP contribution in [-0.4, -0.2) is 25.4 Å². The van der Waals surface area contributed by atoms with E-state index < -0.39 is 0 Å². The lowest BCUT2D eigenvalue weighted by atomic mass is 10.2. The van der Waals surface area contributed by atoms with Crippen molar-refractivity contribution < 1.29 is 13.9 Å². The van der Waals surface area contributed by atoms with E-state index in [9.17, 15) is 4.79 Å². The first-order valence-corrected chi connectivity index (χ1v) is 6.01. The molecule has 1 rings (SSSR count). The maximum absolute atomic E-state index is 11.3. The molecule has 0 bridgehead atoms. The monoisotopic (exact) mass is 244 g/mol. The number of hydrogen-bond acceptors (Lipinski definition) is 5. The van der Waals surface area contributed by atoms with Gasteiger partial charge in [-0.25, -0.2) is 5.84 Å².